The molecule has 2 unspecified atom stereocenters. The second kappa shape index (κ2) is 7.97. The molecule has 0 aromatic carbocycles. The predicted octanol–water partition coefficient (Wildman–Crippen LogP) is 1.48. The Morgan fingerprint density at radius 3 is 2.67 bits per heavy atom. The largest absolute Gasteiger partial charge is 0.376 e. The number of carbonyl (C=O) groups is 1. The fourth-order valence-electron chi connectivity index (χ4n) is 2.71. The lowest BCUT2D eigenvalue weighted by Gasteiger charge is -2.22. The van der Waals surface area contributed by atoms with Gasteiger partial charge in [0.2, 0.25) is 5.91 Å². The Balaban J connectivity index is 0.00000162. The van der Waals surface area contributed by atoms with Gasteiger partial charge in [0.1, 0.15) is 0 Å². The Morgan fingerprint density at radius 2 is 2.06 bits per heavy atom. The zero-order chi connectivity index (χ0) is 12.1. The average molecular weight is 277 g/mol. The number of ether oxygens (including phenoxy) is 1. The van der Waals surface area contributed by atoms with Crippen LogP contribution in [0.5, 0.6) is 0 Å². The van der Waals surface area contributed by atoms with Crippen molar-refractivity contribution >= 4 is 18.3 Å². The number of piperidine rings is 1. The molecule has 2 aliphatic heterocycles. The molecule has 2 fully saturated rings. The Labute approximate surface area is 116 Å². The summed E-state index contributed by atoms with van der Waals surface area (Å²) in [5.41, 5.74) is 0. The monoisotopic (exact) mass is 276 g/mol. The maximum Gasteiger partial charge on any atom is 0.220 e. The number of hydrogen-bond acceptors (Lipinski definition) is 3. The number of carbonyl (C=O) groups excluding carboxylic acids is 1. The third-order valence-corrected chi connectivity index (χ3v) is 3.96. The second-order valence-corrected chi connectivity index (χ2v) is 5.27. The SMILES string of the molecule is CC1OCCC1NC(=O)CCC1CCNCC1.Cl. The minimum Gasteiger partial charge on any atom is -0.376 e. The second-order valence-electron chi connectivity index (χ2n) is 5.27. The van der Waals surface area contributed by atoms with E-state index in [0.29, 0.717) is 6.42 Å². The van der Waals surface area contributed by atoms with Crippen LogP contribution in [0.15, 0.2) is 0 Å². The quantitative estimate of drug-likeness (QED) is 0.818. The van der Waals surface area contributed by atoms with Crippen LogP contribution in [-0.2, 0) is 9.53 Å². The molecule has 2 N–H and O–H groups in total. The average Bonchev–Trinajstić information content (AvgIpc) is 2.74. The van der Waals surface area contributed by atoms with Crippen LogP contribution < -0.4 is 10.6 Å². The molecule has 0 bridgehead atoms. The van der Waals surface area contributed by atoms with Gasteiger partial charge in [0.25, 0.3) is 0 Å². The first-order valence-corrected chi connectivity index (χ1v) is 6.87. The van der Waals surface area contributed by atoms with Crippen molar-refractivity contribution in [3.05, 3.63) is 0 Å². The summed E-state index contributed by atoms with van der Waals surface area (Å²) in [5, 5.41) is 6.44. The van der Waals surface area contributed by atoms with E-state index in [-0.39, 0.29) is 30.5 Å². The maximum absolute atomic E-state index is 11.8. The van der Waals surface area contributed by atoms with Crippen molar-refractivity contribution in [1.29, 1.82) is 0 Å². The third-order valence-electron chi connectivity index (χ3n) is 3.96. The summed E-state index contributed by atoms with van der Waals surface area (Å²) in [7, 11) is 0. The molecule has 0 saturated carbocycles. The van der Waals surface area contributed by atoms with Crippen LogP contribution in [0.1, 0.15) is 39.0 Å². The van der Waals surface area contributed by atoms with E-state index in [4.69, 9.17) is 4.74 Å². The van der Waals surface area contributed by atoms with Gasteiger partial charge in [-0.15, -0.1) is 12.4 Å². The molecule has 106 valence electrons. The molecule has 0 aromatic rings. The molecule has 18 heavy (non-hydrogen) atoms. The molecular formula is C13H25ClN2O2. The minimum absolute atomic E-state index is 0. The zero-order valence-corrected chi connectivity index (χ0v) is 11.9. The molecule has 0 radical (unpaired) electrons. The van der Waals surface area contributed by atoms with Gasteiger partial charge in [-0.05, 0) is 51.6 Å². The van der Waals surface area contributed by atoms with Crippen LogP contribution in [0.2, 0.25) is 0 Å². The number of amides is 1. The lowest BCUT2D eigenvalue weighted by Crippen LogP contribution is -2.39. The van der Waals surface area contributed by atoms with Crippen LogP contribution in [0, 0.1) is 5.92 Å². The lowest BCUT2D eigenvalue weighted by atomic mass is 9.93. The summed E-state index contributed by atoms with van der Waals surface area (Å²) in [6, 6.07) is 0.232. The fourth-order valence-corrected chi connectivity index (χ4v) is 2.71. The van der Waals surface area contributed by atoms with Gasteiger partial charge in [0.15, 0.2) is 0 Å². The summed E-state index contributed by atoms with van der Waals surface area (Å²) < 4.78 is 5.44. The minimum atomic E-state index is 0. The standard InChI is InChI=1S/C13H24N2O2.ClH/c1-10-12(6-9-17-10)15-13(16)3-2-11-4-7-14-8-5-11;/h10-12,14H,2-9H2,1H3,(H,15,16);1H. The summed E-state index contributed by atoms with van der Waals surface area (Å²) in [4.78, 5) is 11.8. The first-order valence-electron chi connectivity index (χ1n) is 6.87. The number of rotatable bonds is 4. The van der Waals surface area contributed by atoms with Crippen molar-refractivity contribution in [3.8, 4) is 0 Å². The number of nitrogens with one attached hydrogen (secondary N) is 2. The molecule has 1 amide bonds. The van der Waals surface area contributed by atoms with Gasteiger partial charge in [0, 0.05) is 13.0 Å². The van der Waals surface area contributed by atoms with Gasteiger partial charge >= 0.3 is 0 Å². The Morgan fingerprint density at radius 1 is 1.33 bits per heavy atom. The van der Waals surface area contributed by atoms with Gasteiger partial charge in [-0.2, -0.15) is 0 Å². The van der Waals surface area contributed by atoms with Crippen molar-refractivity contribution in [2.45, 2.75) is 51.2 Å². The summed E-state index contributed by atoms with van der Waals surface area (Å²) >= 11 is 0. The molecule has 2 atom stereocenters. The smallest absolute Gasteiger partial charge is 0.220 e. The van der Waals surface area contributed by atoms with Crippen molar-refractivity contribution in [1.82, 2.24) is 10.6 Å². The summed E-state index contributed by atoms with van der Waals surface area (Å²) in [6.07, 6.45) is 5.29. The first kappa shape index (κ1) is 15.7. The highest BCUT2D eigenvalue weighted by atomic mass is 35.5. The molecule has 2 rings (SSSR count). The molecule has 0 aliphatic carbocycles. The van der Waals surface area contributed by atoms with Crippen LogP contribution in [0.3, 0.4) is 0 Å². The van der Waals surface area contributed by atoms with E-state index >= 15 is 0 Å². The van der Waals surface area contributed by atoms with Crippen LogP contribution in [-0.4, -0.2) is 37.7 Å². The van der Waals surface area contributed by atoms with Crippen molar-refractivity contribution in [2.24, 2.45) is 5.92 Å². The van der Waals surface area contributed by atoms with Gasteiger partial charge in [0.05, 0.1) is 12.1 Å². The predicted molar refractivity (Wildman–Crippen MR) is 74.0 cm³/mol. The van der Waals surface area contributed by atoms with Crippen LogP contribution in [0.4, 0.5) is 0 Å². The number of halogens is 1. The molecule has 0 aromatic heterocycles. The highest BCUT2D eigenvalue weighted by Crippen LogP contribution is 2.18. The molecule has 2 heterocycles. The van der Waals surface area contributed by atoms with Gasteiger partial charge < -0.3 is 15.4 Å². The van der Waals surface area contributed by atoms with E-state index in [1.807, 2.05) is 6.92 Å². The molecule has 2 aliphatic rings. The maximum atomic E-state index is 11.8. The van der Waals surface area contributed by atoms with Crippen LogP contribution >= 0.6 is 12.4 Å². The van der Waals surface area contributed by atoms with Crippen molar-refractivity contribution in [3.63, 3.8) is 0 Å². The van der Waals surface area contributed by atoms with E-state index in [1.165, 1.54) is 12.8 Å². The van der Waals surface area contributed by atoms with E-state index in [1.54, 1.807) is 0 Å². The first-order chi connectivity index (χ1) is 8.25. The molecular weight excluding hydrogens is 252 g/mol. The Hall–Kier alpha value is -0.320. The highest BCUT2D eigenvalue weighted by Gasteiger charge is 2.25. The zero-order valence-electron chi connectivity index (χ0n) is 11.1. The summed E-state index contributed by atoms with van der Waals surface area (Å²) in [6.45, 7) is 5.03. The van der Waals surface area contributed by atoms with Crippen molar-refractivity contribution < 1.29 is 9.53 Å². The third kappa shape index (κ3) is 4.75. The Bertz CT molecular complexity index is 257. The normalized spacial score (nSPS) is 28.7. The van der Waals surface area contributed by atoms with Gasteiger partial charge in [-0.3, -0.25) is 4.79 Å². The fraction of sp³-hybridized carbons (Fsp3) is 0.923. The van der Waals surface area contributed by atoms with E-state index < -0.39 is 0 Å². The molecule has 2 saturated heterocycles. The van der Waals surface area contributed by atoms with Gasteiger partial charge in [-0.1, -0.05) is 0 Å². The van der Waals surface area contributed by atoms with Crippen LogP contribution in [0.25, 0.3) is 0 Å². The van der Waals surface area contributed by atoms with Gasteiger partial charge in [-0.25, -0.2) is 0 Å². The summed E-state index contributed by atoms with van der Waals surface area (Å²) in [5.74, 6) is 0.935. The molecule has 0 spiro atoms. The highest BCUT2D eigenvalue weighted by molar-refractivity contribution is 5.85. The number of hydrogen-bond donors (Lipinski definition) is 2. The lowest BCUT2D eigenvalue weighted by molar-refractivity contribution is -0.122. The molecule has 4 nitrogen and oxygen atoms in total. The molecule has 5 heteroatoms. The Kier molecular flexibility index (Phi) is 6.97. The van der Waals surface area contributed by atoms with Crippen molar-refractivity contribution in [2.75, 3.05) is 19.7 Å². The van der Waals surface area contributed by atoms with E-state index in [2.05, 4.69) is 10.6 Å². The van der Waals surface area contributed by atoms with E-state index in [0.717, 1.165) is 38.5 Å². The topological polar surface area (TPSA) is 50.4 Å². The van der Waals surface area contributed by atoms with E-state index in [9.17, 15) is 4.79 Å².